The van der Waals surface area contributed by atoms with Crippen molar-refractivity contribution in [3.05, 3.63) is 152 Å². The Morgan fingerprint density at radius 2 is 1.10 bits per heavy atom. The molecule has 0 N–H and O–H groups in total. The molecule has 1 aromatic heterocycles. The van der Waals surface area contributed by atoms with Crippen molar-refractivity contribution in [1.82, 2.24) is 0 Å². The first kappa shape index (κ1) is 23.0. The molecule has 7 aromatic carbocycles. The molecule has 1 heterocycles. The van der Waals surface area contributed by atoms with Crippen molar-refractivity contribution >= 4 is 70.1 Å². The minimum atomic E-state index is 1.14. The van der Waals surface area contributed by atoms with Crippen LogP contribution in [0.25, 0.3) is 52.8 Å². The monoisotopic (exact) mass is 527 g/mol. The number of thiophene rings is 1. The van der Waals surface area contributed by atoms with Gasteiger partial charge in [-0.3, -0.25) is 0 Å². The van der Waals surface area contributed by atoms with Crippen molar-refractivity contribution in [2.24, 2.45) is 0 Å². The summed E-state index contributed by atoms with van der Waals surface area (Å²) in [7, 11) is 0. The number of rotatable bonds is 4. The molecule has 0 aliphatic heterocycles. The highest BCUT2D eigenvalue weighted by molar-refractivity contribution is 7.26. The van der Waals surface area contributed by atoms with Gasteiger partial charge in [0.05, 0.1) is 16.1 Å². The first-order valence-electron chi connectivity index (χ1n) is 13.6. The van der Waals surface area contributed by atoms with Gasteiger partial charge in [0.2, 0.25) is 0 Å². The quantitative estimate of drug-likeness (QED) is 0.220. The maximum Gasteiger partial charge on any atom is 0.0640 e. The first-order valence-corrected chi connectivity index (χ1v) is 14.4. The van der Waals surface area contributed by atoms with Gasteiger partial charge in [-0.1, -0.05) is 115 Å². The van der Waals surface area contributed by atoms with E-state index in [1.807, 2.05) is 11.3 Å². The summed E-state index contributed by atoms with van der Waals surface area (Å²) in [5.74, 6) is 0. The Hall–Kier alpha value is -4.92. The van der Waals surface area contributed by atoms with Crippen molar-refractivity contribution in [2.75, 3.05) is 4.90 Å². The van der Waals surface area contributed by atoms with Crippen LogP contribution >= 0.6 is 11.3 Å². The highest BCUT2D eigenvalue weighted by Gasteiger charge is 2.22. The zero-order chi connectivity index (χ0) is 26.5. The van der Waals surface area contributed by atoms with E-state index < -0.39 is 0 Å². The second-order valence-corrected chi connectivity index (χ2v) is 11.2. The lowest BCUT2D eigenvalue weighted by molar-refractivity contribution is 1.31. The molecule has 0 fully saturated rings. The van der Waals surface area contributed by atoms with Gasteiger partial charge in [-0.25, -0.2) is 0 Å². The summed E-state index contributed by atoms with van der Waals surface area (Å²) in [5, 5.41) is 7.60. The molecule has 0 spiro atoms. The van der Waals surface area contributed by atoms with Gasteiger partial charge < -0.3 is 4.90 Å². The molecule has 188 valence electrons. The normalized spacial score (nSPS) is 11.5. The minimum Gasteiger partial charge on any atom is -0.308 e. The molecule has 0 amide bonds. The van der Waals surface area contributed by atoms with E-state index in [1.54, 1.807) is 0 Å². The lowest BCUT2D eigenvalue weighted by Gasteiger charge is -2.29. The Morgan fingerprint density at radius 3 is 1.98 bits per heavy atom. The summed E-state index contributed by atoms with van der Waals surface area (Å²) in [6.45, 7) is 0. The number of benzene rings is 7. The highest BCUT2D eigenvalue weighted by atomic mass is 32.1. The largest absolute Gasteiger partial charge is 0.308 e. The Kier molecular flexibility index (Phi) is 5.39. The second kappa shape index (κ2) is 9.37. The van der Waals surface area contributed by atoms with E-state index in [0.717, 1.165) is 5.69 Å². The number of anilines is 3. The molecule has 0 unspecified atom stereocenters. The molecule has 0 saturated heterocycles. The fourth-order valence-corrected chi connectivity index (χ4v) is 7.19. The van der Waals surface area contributed by atoms with Crippen LogP contribution in [0.15, 0.2) is 152 Å². The van der Waals surface area contributed by atoms with E-state index in [2.05, 4.69) is 157 Å². The van der Waals surface area contributed by atoms with Crippen LogP contribution in [0.2, 0.25) is 0 Å². The van der Waals surface area contributed by atoms with Gasteiger partial charge >= 0.3 is 0 Å². The SMILES string of the molecule is c1ccc(N(c2ccc3ccccc3c2-c2ccc3ccccc3c2)c2cccc3c2sc2ccccc23)cc1. The fraction of sp³-hybridized carbons (Fsp3) is 0. The Balaban J connectivity index is 1.48. The third-order valence-corrected chi connectivity index (χ3v) is 9.03. The second-order valence-electron chi connectivity index (χ2n) is 10.2. The van der Waals surface area contributed by atoms with Gasteiger partial charge in [0.25, 0.3) is 0 Å². The zero-order valence-electron chi connectivity index (χ0n) is 21.8. The summed E-state index contributed by atoms with van der Waals surface area (Å²) in [5.41, 5.74) is 5.97. The average molecular weight is 528 g/mol. The predicted molar refractivity (Wildman–Crippen MR) is 174 cm³/mol. The van der Waals surface area contributed by atoms with Crippen LogP contribution in [0, 0.1) is 0 Å². The van der Waals surface area contributed by atoms with E-state index in [9.17, 15) is 0 Å². The van der Waals surface area contributed by atoms with Crippen molar-refractivity contribution < 1.29 is 0 Å². The molecule has 0 aliphatic rings. The molecule has 0 atom stereocenters. The Morgan fingerprint density at radius 1 is 0.425 bits per heavy atom. The number of hydrogen-bond acceptors (Lipinski definition) is 2. The molecule has 40 heavy (non-hydrogen) atoms. The van der Waals surface area contributed by atoms with E-state index in [0.29, 0.717) is 0 Å². The molecule has 0 saturated carbocycles. The fourth-order valence-electron chi connectivity index (χ4n) is 5.99. The zero-order valence-corrected chi connectivity index (χ0v) is 22.6. The standard InChI is InChI=1S/C38H25NS/c1-2-14-30(15-3-1)39(35-19-10-18-33-32-17-8-9-20-36(32)40-38(33)35)34-24-23-27-12-6-7-16-31(27)37(34)29-22-21-26-11-4-5-13-28(26)25-29/h1-25H. The van der Waals surface area contributed by atoms with Crippen LogP contribution in [-0.4, -0.2) is 0 Å². The van der Waals surface area contributed by atoms with Crippen molar-refractivity contribution in [3.63, 3.8) is 0 Å². The van der Waals surface area contributed by atoms with Gasteiger partial charge in [0.15, 0.2) is 0 Å². The third kappa shape index (κ3) is 3.69. The lowest BCUT2D eigenvalue weighted by atomic mass is 9.93. The number of hydrogen-bond donors (Lipinski definition) is 0. The van der Waals surface area contributed by atoms with E-state index in [4.69, 9.17) is 0 Å². The Labute approximate surface area is 237 Å². The number of nitrogens with zero attached hydrogens (tertiary/aromatic N) is 1. The predicted octanol–water partition coefficient (Wildman–Crippen LogP) is 11.5. The van der Waals surface area contributed by atoms with Gasteiger partial charge in [-0.15, -0.1) is 11.3 Å². The van der Waals surface area contributed by atoms with Gasteiger partial charge in [0, 0.05) is 26.7 Å². The molecule has 2 heteroatoms. The van der Waals surface area contributed by atoms with Crippen LogP contribution in [0.1, 0.15) is 0 Å². The minimum absolute atomic E-state index is 1.14. The number of fused-ring (bicyclic) bond motifs is 5. The maximum atomic E-state index is 2.45. The van der Waals surface area contributed by atoms with Crippen LogP contribution in [0.4, 0.5) is 17.1 Å². The topological polar surface area (TPSA) is 3.24 Å². The molecule has 0 aliphatic carbocycles. The summed E-state index contributed by atoms with van der Waals surface area (Å²) in [4.78, 5) is 2.45. The highest BCUT2D eigenvalue weighted by Crippen LogP contribution is 2.48. The maximum absolute atomic E-state index is 2.45. The van der Waals surface area contributed by atoms with Gasteiger partial charge in [0.1, 0.15) is 0 Å². The summed E-state index contributed by atoms with van der Waals surface area (Å²) < 4.78 is 2.61. The van der Waals surface area contributed by atoms with Gasteiger partial charge in [-0.2, -0.15) is 0 Å². The third-order valence-electron chi connectivity index (χ3n) is 7.82. The molecule has 0 bridgehead atoms. The van der Waals surface area contributed by atoms with Crippen LogP contribution in [0.5, 0.6) is 0 Å². The van der Waals surface area contributed by atoms with Crippen LogP contribution in [-0.2, 0) is 0 Å². The van der Waals surface area contributed by atoms with Crippen molar-refractivity contribution in [2.45, 2.75) is 0 Å². The van der Waals surface area contributed by atoms with E-state index in [1.165, 1.54) is 64.2 Å². The average Bonchev–Trinajstić information content (AvgIpc) is 3.41. The lowest BCUT2D eigenvalue weighted by Crippen LogP contribution is -2.11. The molecule has 0 radical (unpaired) electrons. The first-order chi connectivity index (χ1) is 19.8. The summed E-state index contributed by atoms with van der Waals surface area (Å²) >= 11 is 1.87. The van der Waals surface area contributed by atoms with Crippen LogP contribution < -0.4 is 4.90 Å². The van der Waals surface area contributed by atoms with E-state index >= 15 is 0 Å². The summed E-state index contributed by atoms with van der Waals surface area (Å²) in [6.07, 6.45) is 0. The number of para-hydroxylation sites is 1. The molecule has 8 aromatic rings. The van der Waals surface area contributed by atoms with Gasteiger partial charge in [-0.05, 0) is 63.5 Å². The molecule has 1 nitrogen and oxygen atoms in total. The van der Waals surface area contributed by atoms with Crippen molar-refractivity contribution in [1.29, 1.82) is 0 Å². The summed E-state index contributed by atoms with van der Waals surface area (Å²) in [6, 6.07) is 55.0. The van der Waals surface area contributed by atoms with E-state index in [-0.39, 0.29) is 0 Å². The van der Waals surface area contributed by atoms with Crippen LogP contribution in [0.3, 0.4) is 0 Å². The molecular weight excluding hydrogens is 502 g/mol. The smallest absolute Gasteiger partial charge is 0.0640 e. The Bertz CT molecular complexity index is 2170. The molecule has 8 rings (SSSR count). The molecular formula is C38H25NS. The van der Waals surface area contributed by atoms with Crippen molar-refractivity contribution in [3.8, 4) is 11.1 Å².